The molecule has 1 aromatic rings. The molecule has 1 aromatic carbocycles. The Morgan fingerprint density at radius 2 is 2.18 bits per heavy atom. The second kappa shape index (κ2) is 6.41. The van der Waals surface area contributed by atoms with Crippen LogP contribution in [-0.2, 0) is 6.42 Å². The van der Waals surface area contributed by atoms with Gasteiger partial charge in [-0.2, -0.15) is 11.8 Å². The van der Waals surface area contributed by atoms with Crippen molar-refractivity contribution in [3.63, 3.8) is 0 Å². The van der Waals surface area contributed by atoms with Gasteiger partial charge in [0.2, 0.25) is 0 Å². The van der Waals surface area contributed by atoms with Gasteiger partial charge in [-0.05, 0) is 55.6 Å². The molecule has 0 aliphatic heterocycles. The molecule has 5 heteroatoms. The Hall–Kier alpha value is -1.36. The van der Waals surface area contributed by atoms with E-state index >= 15 is 0 Å². The van der Waals surface area contributed by atoms with Crippen LogP contribution in [-0.4, -0.2) is 40.6 Å². The van der Waals surface area contributed by atoms with E-state index in [1.165, 1.54) is 6.42 Å². The molecule has 0 aromatic heterocycles. The molecular formula is C17H24N2O2S. The van der Waals surface area contributed by atoms with Gasteiger partial charge in [-0.15, -0.1) is 0 Å². The van der Waals surface area contributed by atoms with Crippen LogP contribution in [0, 0.1) is 0 Å². The van der Waals surface area contributed by atoms with E-state index in [2.05, 4.69) is 11.6 Å². The van der Waals surface area contributed by atoms with Crippen LogP contribution in [0.2, 0.25) is 0 Å². The van der Waals surface area contributed by atoms with Crippen LogP contribution in [0.1, 0.15) is 42.9 Å². The summed E-state index contributed by atoms with van der Waals surface area (Å²) in [6, 6.07) is 5.95. The lowest BCUT2D eigenvalue weighted by molar-refractivity contribution is 0.187. The first-order valence-corrected chi connectivity index (χ1v) is 9.25. The number of urea groups is 1. The summed E-state index contributed by atoms with van der Waals surface area (Å²) < 4.78 is 0. The fourth-order valence-corrected chi connectivity index (χ4v) is 4.47. The number of fused-ring (bicyclic) bond motifs is 1. The van der Waals surface area contributed by atoms with Crippen molar-refractivity contribution in [2.24, 2.45) is 0 Å². The molecule has 22 heavy (non-hydrogen) atoms. The van der Waals surface area contributed by atoms with Gasteiger partial charge in [0.05, 0.1) is 6.04 Å². The minimum absolute atomic E-state index is 0.00736. The molecule has 0 heterocycles. The first-order valence-electron chi connectivity index (χ1n) is 7.97. The predicted octanol–water partition coefficient (Wildman–Crippen LogP) is 3.31. The number of amides is 2. The van der Waals surface area contributed by atoms with E-state index in [1.807, 2.05) is 35.8 Å². The summed E-state index contributed by atoms with van der Waals surface area (Å²) in [5.41, 5.74) is 2.05. The Kier molecular flexibility index (Phi) is 4.52. The molecular weight excluding hydrogens is 296 g/mol. The molecule has 0 radical (unpaired) electrons. The Morgan fingerprint density at radius 1 is 1.36 bits per heavy atom. The molecule has 2 aliphatic rings. The first-order chi connectivity index (χ1) is 10.6. The Morgan fingerprint density at radius 3 is 2.91 bits per heavy atom. The van der Waals surface area contributed by atoms with E-state index in [4.69, 9.17) is 0 Å². The molecule has 2 N–H and O–H groups in total. The van der Waals surface area contributed by atoms with Crippen LogP contribution < -0.4 is 5.32 Å². The molecule has 0 saturated heterocycles. The molecule has 1 fully saturated rings. The monoisotopic (exact) mass is 320 g/mol. The van der Waals surface area contributed by atoms with Crippen molar-refractivity contribution in [1.82, 2.24) is 10.2 Å². The number of thioether (sulfide) groups is 1. The Bertz CT molecular complexity index is 564. The Labute approximate surface area is 136 Å². The lowest BCUT2D eigenvalue weighted by atomic mass is 10.1. The number of carbonyl (C=O) groups excluding carboxylic acids is 1. The molecule has 2 amide bonds. The molecule has 4 nitrogen and oxygen atoms in total. The number of benzene rings is 1. The molecule has 3 atom stereocenters. The van der Waals surface area contributed by atoms with Crippen LogP contribution in [0.25, 0.3) is 0 Å². The first kappa shape index (κ1) is 15.5. The molecule has 3 rings (SSSR count). The molecule has 2 aliphatic carbocycles. The number of nitrogens with zero attached hydrogens (tertiary/aromatic N) is 1. The van der Waals surface area contributed by atoms with Crippen LogP contribution in [0.3, 0.4) is 0 Å². The SMILES string of the molecule is CS[C@@H]1CC[C@@H](N(C)C(=O)N[C@H]2CCc3c(O)cccc32)C1. The van der Waals surface area contributed by atoms with Gasteiger partial charge in [-0.25, -0.2) is 4.79 Å². The van der Waals surface area contributed by atoms with Crippen molar-refractivity contribution in [2.75, 3.05) is 13.3 Å². The van der Waals surface area contributed by atoms with Gasteiger partial charge in [0.1, 0.15) is 5.75 Å². The van der Waals surface area contributed by atoms with Crippen molar-refractivity contribution in [3.05, 3.63) is 29.3 Å². The normalized spacial score (nSPS) is 26.7. The van der Waals surface area contributed by atoms with Gasteiger partial charge in [-0.1, -0.05) is 12.1 Å². The minimum atomic E-state index is 0.00736. The summed E-state index contributed by atoms with van der Waals surface area (Å²) in [5.74, 6) is 0.348. The third kappa shape index (κ3) is 2.91. The maximum Gasteiger partial charge on any atom is 0.317 e. The third-order valence-corrected chi connectivity index (χ3v) is 6.20. The maximum absolute atomic E-state index is 12.5. The molecule has 0 spiro atoms. The van der Waals surface area contributed by atoms with Gasteiger partial charge in [0.25, 0.3) is 0 Å². The number of rotatable bonds is 3. The summed E-state index contributed by atoms with van der Waals surface area (Å²) in [4.78, 5) is 14.4. The highest BCUT2D eigenvalue weighted by atomic mass is 32.2. The van der Waals surface area contributed by atoms with E-state index in [-0.39, 0.29) is 12.1 Å². The van der Waals surface area contributed by atoms with E-state index in [0.29, 0.717) is 17.0 Å². The Balaban J connectivity index is 1.63. The minimum Gasteiger partial charge on any atom is -0.508 e. The number of carbonyl (C=O) groups is 1. The average molecular weight is 320 g/mol. The van der Waals surface area contributed by atoms with E-state index in [1.54, 1.807) is 6.07 Å². The van der Waals surface area contributed by atoms with Crippen molar-refractivity contribution < 1.29 is 9.90 Å². The van der Waals surface area contributed by atoms with Crippen molar-refractivity contribution in [3.8, 4) is 5.75 Å². The number of hydrogen-bond acceptors (Lipinski definition) is 3. The zero-order valence-electron chi connectivity index (χ0n) is 13.2. The van der Waals surface area contributed by atoms with Crippen molar-refractivity contribution >= 4 is 17.8 Å². The van der Waals surface area contributed by atoms with E-state index < -0.39 is 0 Å². The van der Waals surface area contributed by atoms with Gasteiger partial charge in [-0.3, -0.25) is 0 Å². The topological polar surface area (TPSA) is 52.6 Å². The fourth-order valence-electron chi connectivity index (χ4n) is 3.68. The van der Waals surface area contributed by atoms with Crippen LogP contribution in [0.5, 0.6) is 5.75 Å². The van der Waals surface area contributed by atoms with E-state index in [9.17, 15) is 9.90 Å². The summed E-state index contributed by atoms with van der Waals surface area (Å²) in [6.45, 7) is 0. The largest absolute Gasteiger partial charge is 0.508 e. The van der Waals surface area contributed by atoms with Crippen LogP contribution in [0.4, 0.5) is 4.79 Å². The standard InChI is InChI=1S/C17H24N2O2S/c1-19(11-6-7-12(10-11)22-2)17(21)18-15-9-8-14-13(15)4-3-5-16(14)20/h3-5,11-12,15,20H,6-10H2,1-2H3,(H,18,21)/t11-,12-,15+/m1/s1. The highest BCUT2D eigenvalue weighted by Gasteiger charge is 2.32. The van der Waals surface area contributed by atoms with Crippen molar-refractivity contribution in [2.45, 2.75) is 49.4 Å². The zero-order valence-corrected chi connectivity index (χ0v) is 14.0. The number of aromatic hydroxyl groups is 1. The fraction of sp³-hybridized carbons (Fsp3) is 0.588. The number of nitrogens with one attached hydrogen (secondary N) is 1. The number of phenolic OH excluding ortho intramolecular Hbond substituents is 1. The predicted molar refractivity (Wildman–Crippen MR) is 90.4 cm³/mol. The lowest BCUT2D eigenvalue weighted by Gasteiger charge is -2.27. The van der Waals surface area contributed by atoms with Crippen molar-refractivity contribution in [1.29, 1.82) is 0 Å². The average Bonchev–Trinajstić information content (AvgIpc) is 3.14. The van der Waals surface area contributed by atoms with Gasteiger partial charge < -0.3 is 15.3 Å². The quantitative estimate of drug-likeness (QED) is 0.898. The highest BCUT2D eigenvalue weighted by Crippen LogP contribution is 2.36. The zero-order chi connectivity index (χ0) is 15.7. The molecule has 1 saturated carbocycles. The molecule has 0 bridgehead atoms. The lowest BCUT2D eigenvalue weighted by Crippen LogP contribution is -2.43. The summed E-state index contributed by atoms with van der Waals surface area (Å²) in [6.07, 6.45) is 7.22. The number of phenols is 1. The van der Waals surface area contributed by atoms with Gasteiger partial charge >= 0.3 is 6.03 Å². The molecule has 0 unspecified atom stereocenters. The maximum atomic E-state index is 12.5. The third-order valence-electron chi connectivity index (χ3n) is 5.10. The van der Waals surface area contributed by atoms with Gasteiger partial charge in [0, 0.05) is 18.3 Å². The summed E-state index contributed by atoms with van der Waals surface area (Å²) in [7, 11) is 1.90. The number of hydrogen-bond donors (Lipinski definition) is 2. The van der Waals surface area contributed by atoms with Crippen LogP contribution >= 0.6 is 11.8 Å². The van der Waals surface area contributed by atoms with Gasteiger partial charge in [0.15, 0.2) is 0 Å². The summed E-state index contributed by atoms with van der Waals surface area (Å²) in [5, 5.41) is 13.7. The van der Waals surface area contributed by atoms with Crippen LogP contribution in [0.15, 0.2) is 18.2 Å². The smallest absolute Gasteiger partial charge is 0.317 e. The second-order valence-corrected chi connectivity index (χ2v) is 7.46. The van der Waals surface area contributed by atoms with E-state index in [0.717, 1.165) is 36.8 Å². The highest BCUT2D eigenvalue weighted by molar-refractivity contribution is 7.99. The summed E-state index contributed by atoms with van der Waals surface area (Å²) >= 11 is 1.90. The molecule has 120 valence electrons. The second-order valence-electron chi connectivity index (χ2n) is 6.32.